The SMILES string of the molecule is CC(C)OCC1(O)CC2C=CC1C2. The van der Waals surface area contributed by atoms with Gasteiger partial charge in [-0.25, -0.2) is 0 Å². The summed E-state index contributed by atoms with van der Waals surface area (Å²) < 4.78 is 5.50. The summed E-state index contributed by atoms with van der Waals surface area (Å²) in [5.41, 5.74) is -0.566. The molecule has 2 aliphatic carbocycles. The fourth-order valence-electron chi connectivity index (χ4n) is 2.41. The van der Waals surface area contributed by atoms with Crippen LogP contribution in [0.5, 0.6) is 0 Å². The highest BCUT2D eigenvalue weighted by Gasteiger charge is 2.47. The van der Waals surface area contributed by atoms with Crippen molar-refractivity contribution >= 4 is 0 Å². The highest BCUT2D eigenvalue weighted by atomic mass is 16.5. The second-order valence-corrected chi connectivity index (χ2v) is 4.65. The Labute approximate surface area is 79.6 Å². The Kier molecular flexibility index (Phi) is 2.20. The van der Waals surface area contributed by atoms with Crippen LogP contribution in [0.3, 0.4) is 0 Å². The van der Waals surface area contributed by atoms with Gasteiger partial charge >= 0.3 is 0 Å². The van der Waals surface area contributed by atoms with Crippen LogP contribution in [-0.2, 0) is 4.74 Å². The van der Waals surface area contributed by atoms with Crippen LogP contribution in [0.1, 0.15) is 26.7 Å². The zero-order valence-electron chi connectivity index (χ0n) is 8.36. The summed E-state index contributed by atoms with van der Waals surface area (Å²) in [6.45, 7) is 4.51. The normalized spacial score (nSPS) is 42.2. The van der Waals surface area contributed by atoms with E-state index in [1.807, 2.05) is 13.8 Å². The van der Waals surface area contributed by atoms with Crippen LogP contribution in [0, 0.1) is 11.8 Å². The van der Waals surface area contributed by atoms with Gasteiger partial charge in [-0.05, 0) is 32.6 Å². The van der Waals surface area contributed by atoms with Gasteiger partial charge in [0.25, 0.3) is 0 Å². The van der Waals surface area contributed by atoms with Gasteiger partial charge in [-0.3, -0.25) is 0 Å². The Morgan fingerprint density at radius 2 is 2.31 bits per heavy atom. The molecule has 3 atom stereocenters. The van der Waals surface area contributed by atoms with Gasteiger partial charge in [0.2, 0.25) is 0 Å². The van der Waals surface area contributed by atoms with Gasteiger partial charge in [0, 0.05) is 5.92 Å². The Morgan fingerprint density at radius 1 is 1.54 bits per heavy atom. The first-order valence-electron chi connectivity index (χ1n) is 5.12. The molecule has 2 rings (SSSR count). The predicted octanol–water partition coefficient (Wildman–Crippen LogP) is 1.74. The van der Waals surface area contributed by atoms with E-state index in [-0.39, 0.29) is 6.10 Å². The second kappa shape index (κ2) is 3.10. The smallest absolute Gasteiger partial charge is 0.0948 e. The molecule has 0 amide bonds. The molecule has 2 bridgehead atoms. The van der Waals surface area contributed by atoms with Gasteiger partial charge in [-0.2, -0.15) is 0 Å². The molecule has 0 aromatic heterocycles. The highest BCUT2D eigenvalue weighted by molar-refractivity contribution is 5.16. The first kappa shape index (κ1) is 9.22. The summed E-state index contributed by atoms with van der Waals surface area (Å²) in [4.78, 5) is 0. The van der Waals surface area contributed by atoms with Crippen molar-refractivity contribution in [2.45, 2.75) is 38.4 Å². The molecule has 0 saturated heterocycles. The molecule has 1 fully saturated rings. The number of fused-ring (bicyclic) bond motifs is 2. The minimum Gasteiger partial charge on any atom is -0.387 e. The Balaban J connectivity index is 1.94. The Morgan fingerprint density at radius 3 is 2.77 bits per heavy atom. The molecule has 13 heavy (non-hydrogen) atoms. The maximum atomic E-state index is 10.3. The summed E-state index contributed by atoms with van der Waals surface area (Å²) >= 11 is 0. The third-order valence-corrected chi connectivity index (χ3v) is 3.14. The van der Waals surface area contributed by atoms with E-state index in [1.165, 1.54) is 0 Å². The lowest BCUT2D eigenvalue weighted by atomic mass is 9.89. The molecule has 0 aliphatic heterocycles. The average molecular weight is 182 g/mol. The molecular weight excluding hydrogens is 164 g/mol. The second-order valence-electron chi connectivity index (χ2n) is 4.65. The van der Waals surface area contributed by atoms with Crippen LogP contribution in [0.2, 0.25) is 0 Å². The molecule has 1 N–H and O–H groups in total. The fraction of sp³-hybridized carbons (Fsp3) is 0.818. The summed E-state index contributed by atoms with van der Waals surface area (Å²) in [7, 11) is 0. The molecule has 0 aromatic rings. The van der Waals surface area contributed by atoms with Crippen molar-refractivity contribution in [3.05, 3.63) is 12.2 Å². The molecule has 1 saturated carbocycles. The van der Waals surface area contributed by atoms with E-state index >= 15 is 0 Å². The molecule has 74 valence electrons. The number of allylic oxidation sites excluding steroid dienone is 1. The summed E-state index contributed by atoms with van der Waals surface area (Å²) in [5.74, 6) is 0.946. The molecular formula is C11H18O2. The van der Waals surface area contributed by atoms with Gasteiger partial charge < -0.3 is 9.84 Å². The minimum atomic E-state index is -0.566. The highest BCUT2D eigenvalue weighted by Crippen LogP contribution is 2.46. The molecule has 0 aromatic carbocycles. The van der Waals surface area contributed by atoms with Gasteiger partial charge in [-0.15, -0.1) is 0 Å². The van der Waals surface area contributed by atoms with Gasteiger partial charge in [0.1, 0.15) is 0 Å². The summed E-state index contributed by atoms with van der Waals surface area (Å²) in [6, 6.07) is 0. The van der Waals surface area contributed by atoms with Crippen molar-refractivity contribution in [3.8, 4) is 0 Å². The van der Waals surface area contributed by atoms with Crippen molar-refractivity contribution in [2.75, 3.05) is 6.61 Å². The number of rotatable bonds is 3. The van der Waals surface area contributed by atoms with E-state index in [2.05, 4.69) is 12.2 Å². The maximum Gasteiger partial charge on any atom is 0.0948 e. The van der Waals surface area contributed by atoms with Gasteiger partial charge in [-0.1, -0.05) is 12.2 Å². The lowest BCUT2D eigenvalue weighted by Gasteiger charge is -2.30. The Bertz CT molecular complexity index is 222. The zero-order valence-corrected chi connectivity index (χ0v) is 8.36. The quantitative estimate of drug-likeness (QED) is 0.674. The van der Waals surface area contributed by atoms with Crippen LogP contribution in [-0.4, -0.2) is 23.4 Å². The molecule has 2 aliphatic rings. The van der Waals surface area contributed by atoms with Gasteiger partial charge in [0.15, 0.2) is 0 Å². The lowest BCUT2D eigenvalue weighted by Crippen LogP contribution is -2.39. The van der Waals surface area contributed by atoms with E-state index in [0.717, 1.165) is 12.8 Å². The van der Waals surface area contributed by atoms with Crippen molar-refractivity contribution in [1.82, 2.24) is 0 Å². The molecule has 2 heteroatoms. The average Bonchev–Trinajstić information content (AvgIpc) is 2.60. The topological polar surface area (TPSA) is 29.5 Å². The van der Waals surface area contributed by atoms with Crippen molar-refractivity contribution in [1.29, 1.82) is 0 Å². The first-order chi connectivity index (χ1) is 6.10. The van der Waals surface area contributed by atoms with Crippen molar-refractivity contribution in [3.63, 3.8) is 0 Å². The largest absolute Gasteiger partial charge is 0.387 e. The summed E-state index contributed by atoms with van der Waals surface area (Å²) in [6.07, 6.45) is 6.61. The molecule has 0 radical (unpaired) electrons. The zero-order chi connectivity index (χ0) is 9.47. The molecule has 3 unspecified atom stereocenters. The number of aliphatic hydroxyl groups is 1. The number of hydrogen-bond donors (Lipinski definition) is 1. The standard InChI is InChI=1S/C11H18O2/c1-8(2)13-7-11(12)6-9-3-4-10(11)5-9/h3-4,8-10,12H,5-7H2,1-2H3. The minimum absolute atomic E-state index is 0.215. The molecule has 2 nitrogen and oxygen atoms in total. The van der Waals surface area contributed by atoms with E-state index < -0.39 is 5.60 Å². The molecule has 0 spiro atoms. The van der Waals surface area contributed by atoms with Gasteiger partial charge in [0.05, 0.1) is 18.3 Å². The van der Waals surface area contributed by atoms with E-state index in [1.54, 1.807) is 0 Å². The van der Waals surface area contributed by atoms with Crippen LogP contribution < -0.4 is 0 Å². The number of hydrogen-bond acceptors (Lipinski definition) is 2. The Hall–Kier alpha value is -0.340. The van der Waals surface area contributed by atoms with Crippen LogP contribution in [0.15, 0.2) is 12.2 Å². The third-order valence-electron chi connectivity index (χ3n) is 3.14. The van der Waals surface area contributed by atoms with E-state index in [4.69, 9.17) is 4.74 Å². The van der Waals surface area contributed by atoms with E-state index in [9.17, 15) is 5.11 Å². The van der Waals surface area contributed by atoms with E-state index in [0.29, 0.717) is 18.4 Å². The number of ether oxygens (including phenoxy) is 1. The fourth-order valence-corrected chi connectivity index (χ4v) is 2.41. The van der Waals surface area contributed by atoms with Crippen molar-refractivity contribution < 1.29 is 9.84 Å². The predicted molar refractivity (Wildman–Crippen MR) is 51.4 cm³/mol. The lowest BCUT2D eigenvalue weighted by molar-refractivity contribution is -0.0789. The first-order valence-corrected chi connectivity index (χ1v) is 5.12. The monoisotopic (exact) mass is 182 g/mol. The maximum absolute atomic E-state index is 10.3. The summed E-state index contributed by atoms with van der Waals surface area (Å²) in [5, 5.41) is 10.3. The van der Waals surface area contributed by atoms with Crippen LogP contribution >= 0.6 is 0 Å². The third kappa shape index (κ3) is 1.65. The van der Waals surface area contributed by atoms with Crippen LogP contribution in [0.25, 0.3) is 0 Å². The molecule has 0 heterocycles. The van der Waals surface area contributed by atoms with Crippen LogP contribution in [0.4, 0.5) is 0 Å². The van der Waals surface area contributed by atoms with Crippen molar-refractivity contribution in [2.24, 2.45) is 11.8 Å².